The van der Waals surface area contributed by atoms with Crippen LogP contribution in [0.5, 0.6) is 0 Å². The van der Waals surface area contributed by atoms with E-state index in [0.717, 1.165) is 0 Å². The fourth-order valence-corrected chi connectivity index (χ4v) is 3.40. The van der Waals surface area contributed by atoms with Crippen molar-refractivity contribution in [1.29, 1.82) is 0 Å². The zero-order valence-corrected chi connectivity index (χ0v) is 12.6. The molecule has 2 rings (SSSR count). The second-order valence-electron chi connectivity index (χ2n) is 6.71. The fourth-order valence-electron chi connectivity index (χ4n) is 3.40. The minimum Gasteiger partial charge on any atom is -0.367 e. The van der Waals surface area contributed by atoms with E-state index in [0.29, 0.717) is 11.5 Å². The second-order valence-corrected chi connectivity index (χ2v) is 6.71. The molecule has 0 bridgehead atoms. The van der Waals surface area contributed by atoms with Crippen LogP contribution in [0.1, 0.15) is 46.0 Å². The molecule has 18 heavy (non-hydrogen) atoms. The Morgan fingerprint density at radius 2 is 1.94 bits per heavy atom. The van der Waals surface area contributed by atoms with Gasteiger partial charge in [-0.3, -0.25) is 4.90 Å². The molecule has 3 nitrogen and oxygen atoms in total. The van der Waals surface area contributed by atoms with Gasteiger partial charge in [0.25, 0.3) is 0 Å². The third-order valence-corrected chi connectivity index (χ3v) is 5.09. The summed E-state index contributed by atoms with van der Waals surface area (Å²) in [6.45, 7) is 8.33. The van der Waals surface area contributed by atoms with Crippen LogP contribution in [-0.2, 0) is 4.74 Å². The van der Waals surface area contributed by atoms with Gasteiger partial charge >= 0.3 is 0 Å². The molecule has 2 aliphatic rings. The number of nitrogens with zero attached hydrogens (tertiary/aromatic N) is 2. The highest BCUT2D eigenvalue weighted by Gasteiger charge is 2.37. The van der Waals surface area contributed by atoms with Crippen molar-refractivity contribution in [2.75, 3.05) is 33.8 Å². The molecule has 1 aliphatic carbocycles. The van der Waals surface area contributed by atoms with Crippen LogP contribution in [0.25, 0.3) is 0 Å². The first-order chi connectivity index (χ1) is 8.54. The molecule has 1 saturated carbocycles. The molecule has 0 aromatic heterocycles. The molecule has 1 saturated heterocycles. The van der Waals surface area contributed by atoms with Gasteiger partial charge in [0.2, 0.25) is 0 Å². The Morgan fingerprint density at radius 1 is 1.33 bits per heavy atom. The van der Waals surface area contributed by atoms with Crippen LogP contribution in [0.2, 0.25) is 0 Å². The minimum atomic E-state index is 0.260. The van der Waals surface area contributed by atoms with Crippen molar-refractivity contribution in [1.82, 2.24) is 9.80 Å². The molecule has 0 radical (unpaired) electrons. The number of likely N-dealkylation sites (tertiary alicyclic amines) is 1. The Bertz CT molecular complexity index is 257. The Hall–Kier alpha value is -0.120. The lowest BCUT2D eigenvalue weighted by atomic mass is 9.70. The lowest BCUT2D eigenvalue weighted by Crippen LogP contribution is -2.52. The Labute approximate surface area is 112 Å². The highest BCUT2D eigenvalue weighted by atomic mass is 16.5. The highest BCUT2D eigenvalue weighted by molar-refractivity contribution is 4.90. The smallest absolute Gasteiger partial charge is 0.107 e. The van der Waals surface area contributed by atoms with E-state index in [1.807, 2.05) is 7.11 Å². The third kappa shape index (κ3) is 3.25. The molecule has 1 unspecified atom stereocenters. The van der Waals surface area contributed by atoms with Crippen LogP contribution in [0.15, 0.2) is 0 Å². The van der Waals surface area contributed by atoms with Crippen molar-refractivity contribution < 1.29 is 4.74 Å². The van der Waals surface area contributed by atoms with Crippen LogP contribution >= 0.6 is 0 Å². The number of methoxy groups -OCH3 is 1. The van der Waals surface area contributed by atoms with Gasteiger partial charge in [-0.15, -0.1) is 0 Å². The zero-order valence-electron chi connectivity index (χ0n) is 12.6. The van der Waals surface area contributed by atoms with Gasteiger partial charge in [0, 0.05) is 19.7 Å². The summed E-state index contributed by atoms with van der Waals surface area (Å²) in [5.74, 6) is 0. The number of hydrogen-bond donors (Lipinski definition) is 0. The van der Waals surface area contributed by atoms with Crippen molar-refractivity contribution in [3.8, 4) is 0 Å². The van der Waals surface area contributed by atoms with Crippen LogP contribution in [0, 0.1) is 5.41 Å². The van der Waals surface area contributed by atoms with Gasteiger partial charge in [0.15, 0.2) is 0 Å². The number of hydrogen-bond acceptors (Lipinski definition) is 3. The number of piperidine rings is 1. The molecule has 0 aromatic rings. The summed E-state index contributed by atoms with van der Waals surface area (Å²) in [6, 6.07) is 0.716. The van der Waals surface area contributed by atoms with E-state index in [2.05, 4.69) is 30.7 Å². The predicted octanol–water partition coefficient (Wildman–Crippen LogP) is 2.57. The molecular weight excluding hydrogens is 224 g/mol. The SMILES string of the molecule is COC(C)N(CC1(C)CCC1)C1CCN(C)CC1. The maximum absolute atomic E-state index is 5.62. The van der Waals surface area contributed by atoms with Crippen molar-refractivity contribution in [2.45, 2.75) is 58.2 Å². The zero-order chi connectivity index (χ0) is 13.2. The van der Waals surface area contributed by atoms with E-state index < -0.39 is 0 Å². The first-order valence-corrected chi connectivity index (χ1v) is 7.51. The summed E-state index contributed by atoms with van der Waals surface area (Å²) in [6.07, 6.45) is 7.05. The van der Waals surface area contributed by atoms with E-state index in [4.69, 9.17) is 4.74 Å². The average Bonchev–Trinajstić information content (AvgIpc) is 2.34. The summed E-state index contributed by atoms with van der Waals surface area (Å²) in [7, 11) is 4.07. The molecular formula is C15H30N2O. The van der Waals surface area contributed by atoms with Gasteiger partial charge in [-0.05, 0) is 58.2 Å². The summed E-state index contributed by atoms with van der Waals surface area (Å²) in [4.78, 5) is 5.07. The highest BCUT2D eigenvalue weighted by Crippen LogP contribution is 2.42. The average molecular weight is 254 g/mol. The predicted molar refractivity (Wildman–Crippen MR) is 75.7 cm³/mol. The van der Waals surface area contributed by atoms with Gasteiger partial charge in [-0.1, -0.05) is 13.3 Å². The largest absolute Gasteiger partial charge is 0.367 e. The van der Waals surface area contributed by atoms with E-state index in [9.17, 15) is 0 Å². The van der Waals surface area contributed by atoms with E-state index in [1.54, 1.807) is 0 Å². The molecule has 2 fully saturated rings. The molecule has 3 heteroatoms. The topological polar surface area (TPSA) is 15.7 Å². The van der Waals surface area contributed by atoms with E-state index in [-0.39, 0.29) is 6.23 Å². The molecule has 0 aromatic carbocycles. The first kappa shape index (κ1) is 14.3. The lowest BCUT2D eigenvalue weighted by molar-refractivity contribution is -0.0836. The van der Waals surface area contributed by atoms with Gasteiger partial charge in [-0.2, -0.15) is 0 Å². The second kappa shape index (κ2) is 5.89. The summed E-state index contributed by atoms with van der Waals surface area (Å²) < 4.78 is 5.62. The maximum Gasteiger partial charge on any atom is 0.107 e. The van der Waals surface area contributed by atoms with Crippen molar-refractivity contribution in [3.05, 3.63) is 0 Å². The monoisotopic (exact) mass is 254 g/mol. The third-order valence-electron chi connectivity index (χ3n) is 5.09. The summed E-state index contributed by atoms with van der Waals surface area (Å²) in [5.41, 5.74) is 0.552. The van der Waals surface area contributed by atoms with Crippen molar-refractivity contribution >= 4 is 0 Å². The normalized spacial score (nSPS) is 27.2. The Kier molecular flexibility index (Phi) is 4.68. The lowest BCUT2D eigenvalue weighted by Gasteiger charge is -2.47. The number of rotatable bonds is 5. The molecule has 1 aliphatic heterocycles. The molecule has 1 atom stereocenters. The molecule has 106 valence electrons. The van der Waals surface area contributed by atoms with E-state index in [1.165, 1.54) is 51.7 Å². The van der Waals surface area contributed by atoms with Gasteiger partial charge in [0.05, 0.1) is 0 Å². The summed E-state index contributed by atoms with van der Waals surface area (Å²) in [5, 5.41) is 0. The first-order valence-electron chi connectivity index (χ1n) is 7.51. The van der Waals surface area contributed by atoms with Crippen molar-refractivity contribution in [2.24, 2.45) is 5.41 Å². The van der Waals surface area contributed by atoms with E-state index >= 15 is 0 Å². The molecule has 0 amide bonds. The van der Waals surface area contributed by atoms with Crippen molar-refractivity contribution in [3.63, 3.8) is 0 Å². The number of ether oxygens (including phenoxy) is 1. The molecule has 0 spiro atoms. The van der Waals surface area contributed by atoms with Gasteiger partial charge in [0.1, 0.15) is 6.23 Å². The van der Waals surface area contributed by atoms with Gasteiger partial charge < -0.3 is 9.64 Å². The fraction of sp³-hybridized carbons (Fsp3) is 1.00. The van der Waals surface area contributed by atoms with Crippen LogP contribution < -0.4 is 0 Å². The van der Waals surface area contributed by atoms with Crippen LogP contribution in [0.3, 0.4) is 0 Å². The van der Waals surface area contributed by atoms with Crippen LogP contribution in [0.4, 0.5) is 0 Å². The van der Waals surface area contributed by atoms with Gasteiger partial charge in [-0.25, -0.2) is 0 Å². The minimum absolute atomic E-state index is 0.260. The maximum atomic E-state index is 5.62. The Balaban J connectivity index is 1.96. The Morgan fingerprint density at radius 3 is 2.39 bits per heavy atom. The molecule has 1 heterocycles. The molecule has 0 N–H and O–H groups in total. The quantitative estimate of drug-likeness (QED) is 0.701. The van der Waals surface area contributed by atoms with Crippen LogP contribution in [-0.4, -0.2) is 55.9 Å². The summed E-state index contributed by atoms with van der Waals surface area (Å²) >= 11 is 0. The standard InChI is InChI=1S/C15H30N2O/c1-13(18-4)17(12-15(2)8-5-9-15)14-6-10-16(3)11-7-14/h13-14H,5-12H2,1-4H3.